The number of carbonyl (C=O) groups is 2. The monoisotopic (exact) mass is 306 g/mol. The molecular formula is C18H26O4. The fraction of sp³-hybridized carbons (Fsp3) is 0.556. The van der Waals surface area contributed by atoms with Crippen molar-refractivity contribution in [3.05, 3.63) is 29.8 Å². The fourth-order valence-corrected chi connectivity index (χ4v) is 2.34. The van der Waals surface area contributed by atoms with Gasteiger partial charge in [0.25, 0.3) is 0 Å². The smallest absolute Gasteiger partial charge is 0.341 e. The molecule has 0 aliphatic carbocycles. The first kappa shape index (κ1) is 18.2. The number of ether oxygens (including phenoxy) is 1. The Morgan fingerprint density at radius 1 is 1.00 bits per heavy atom. The highest BCUT2D eigenvalue weighted by Crippen LogP contribution is 2.21. The number of ketones is 1. The first-order valence-electron chi connectivity index (χ1n) is 8.12. The summed E-state index contributed by atoms with van der Waals surface area (Å²) in [6.07, 6.45) is 8.63. The molecule has 0 bridgehead atoms. The molecule has 0 unspecified atom stereocenters. The number of para-hydroxylation sites is 1. The third-order valence-corrected chi connectivity index (χ3v) is 3.55. The molecule has 1 aromatic carbocycles. The van der Waals surface area contributed by atoms with Crippen molar-refractivity contribution >= 4 is 11.8 Å². The molecule has 122 valence electrons. The molecule has 0 amide bonds. The van der Waals surface area contributed by atoms with E-state index < -0.39 is 12.6 Å². The molecule has 0 aliphatic rings. The number of benzene rings is 1. The van der Waals surface area contributed by atoms with Crippen LogP contribution in [0, 0.1) is 0 Å². The Hall–Kier alpha value is -1.84. The van der Waals surface area contributed by atoms with Gasteiger partial charge in [-0.15, -0.1) is 0 Å². The van der Waals surface area contributed by atoms with Crippen LogP contribution in [0.4, 0.5) is 0 Å². The van der Waals surface area contributed by atoms with Crippen molar-refractivity contribution < 1.29 is 19.4 Å². The topological polar surface area (TPSA) is 63.6 Å². The number of Topliss-reactive ketones (excluding diaryl/α,β-unsaturated/α-hetero) is 1. The Morgan fingerprint density at radius 2 is 1.64 bits per heavy atom. The lowest BCUT2D eigenvalue weighted by atomic mass is 10.0. The van der Waals surface area contributed by atoms with Crippen molar-refractivity contribution in [1.82, 2.24) is 0 Å². The predicted molar refractivity (Wildman–Crippen MR) is 86.5 cm³/mol. The lowest BCUT2D eigenvalue weighted by molar-refractivity contribution is -0.139. The predicted octanol–water partition coefficient (Wildman–Crippen LogP) is 4.47. The van der Waals surface area contributed by atoms with Crippen molar-refractivity contribution in [1.29, 1.82) is 0 Å². The maximum absolute atomic E-state index is 12.2. The fourth-order valence-electron chi connectivity index (χ4n) is 2.34. The number of carboxylic acids is 1. The second kappa shape index (κ2) is 10.8. The summed E-state index contributed by atoms with van der Waals surface area (Å²) < 4.78 is 5.17. The van der Waals surface area contributed by atoms with Gasteiger partial charge in [0.2, 0.25) is 0 Å². The van der Waals surface area contributed by atoms with Crippen LogP contribution in [0.1, 0.15) is 68.6 Å². The van der Waals surface area contributed by atoms with E-state index in [1.165, 1.54) is 32.1 Å². The summed E-state index contributed by atoms with van der Waals surface area (Å²) in [5.41, 5.74) is 0.481. The van der Waals surface area contributed by atoms with Crippen LogP contribution in [0.5, 0.6) is 5.75 Å². The average Bonchev–Trinajstić information content (AvgIpc) is 2.52. The number of carboxylic acid groups (broad SMARTS) is 1. The Balaban J connectivity index is 2.37. The van der Waals surface area contributed by atoms with Gasteiger partial charge < -0.3 is 9.84 Å². The molecule has 0 fully saturated rings. The highest BCUT2D eigenvalue weighted by atomic mass is 16.5. The van der Waals surface area contributed by atoms with Crippen molar-refractivity contribution in [2.24, 2.45) is 0 Å². The van der Waals surface area contributed by atoms with Gasteiger partial charge in [0.1, 0.15) is 5.75 Å². The molecule has 0 radical (unpaired) electrons. The highest BCUT2D eigenvalue weighted by Gasteiger charge is 2.12. The number of aliphatic carboxylic acids is 1. The molecule has 22 heavy (non-hydrogen) atoms. The number of rotatable bonds is 12. The van der Waals surface area contributed by atoms with Gasteiger partial charge in [0, 0.05) is 6.42 Å². The first-order chi connectivity index (χ1) is 10.6. The Bertz CT molecular complexity index is 468. The van der Waals surface area contributed by atoms with Crippen LogP contribution in [0.3, 0.4) is 0 Å². The molecule has 0 heterocycles. The normalized spacial score (nSPS) is 10.4. The van der Waals surface area contributed by atoms with E-state index in [-0.39, 0.29) is 5.78 Å². The van der Waals surface area contributed by atoms with Gasteiger partial charge in [-0.3, -0.25) is 4.79 Å². The molecular weight excluding hydrogens is 280 g/mol. The summed E-state index contributed by atoms with van der Waals surface area (Å²) in [4.78, 5) is 22.8. The number of unbranched alkanes of at least 4 members (excludes halogenated alkanes) is 6. The van der Waals surface area contributed by atoms with Gasteiger partial charge in [-0.25, -0.2) is 4.79 Å². The molecule has 1 aromatic rings. The standard InChI is InChI=1S/C18H26O4/c1-2-3-4-5-6-7-8-12-16(19)15-11-9-10-13-17(15)22-14-18(20)21/h9-11,13H,2-8,12,14H2,1H3,(H,20,21). The van der Waals surface area contributed by atoms with E-state index in [0.29, 0.717) is 17.7 Å². The average molecular weight is 306 g/mol. The van der Waals surface area contributed by atoms with Gasteiger partial charge in [0.15, 0.2) is 12.4 Å². The first-order valence-corrected chi connectivity index (χ1v) is 8.12. The third kappa shape index (κ3) is 7.25. The summed E-state index contributed by atoms with van der Waals surface area (Å²) >= 11 is 0. The highest BCUT2D eigenvalue weighted by molar-refractivity contribution is 5.98. The molecule has 0 atom stereocenters. The summed E-state index contributed by atoms with van der Waals surface area (Å²) in [7, 11) is 0. The lowest BCUT2D eigenvalue weighted by Crippen LogP contribution is -2.12. The quantitative estimate of drug-likeness (QED) is 0.457. The molecule has 1 rings (SSSR count). The zero-order chi connectivity index (χ0) is 16.2. The largest absolute Gasteiger partial charge is 0.481 e. The van der Waals surface area contributed by atoms with E-state index in [2.05, 4.69) is 6.92 Å². The van der Waals surface area contributed by atoms with Crippen LogP contribution in [0.25, 0.3) is 0 Å². The molecule has 0 saturated heterocycles. The van der Waals surface area contributed by atoms with E-state index in [9.17, 15) is 9.59 Å². The van der Waals surface area contributed by atoms with Crippen LogP contribution in [0.15, 0.2) is 24.3 Å². The van der Waals surface area contributed by atoms with Crippen LogP contribution in [0.2, 0.25) is 0 Å². The minimum absolute atomic E-state index is 0.0227. The SMILES string of the molecule is CCCCCCCCCC(=O)c1ccccc1OCC(=O)O. The van der Waals surface area contributed by atoms with Gasteiger partial charge in [0.05, 0.1) is 5.56 Å². The van der Waals surface area contributed by atoms with Crippen LogP contribution in [-0.2, 0) is 4.79 Å². The Kier molecular flexibility index (Phi) is 8.96. The number of hydrogen-bond donors (Lipinski definition) is 1. The summed E-state index contributed by atoms with van der Waals surface area (Å²) in [6, 6.07) is 6.84. The number of carbonyl (C=O) groups excluding carboxylic acids is 1. The Labute approximate surface area is 132 Å². The minimum Gasteiger partial charge on any atom is -0.481 e. The molecule has 0 spiro atoms. The molecule has 0 aromatic heterocycles. The summed E-state index contributed by atoms with van der Waals surface area (Å²) in [5, 5.41) is 8.66. The molecule has 0 aliphatic heterocycles. The van der Waals surface area contributed by atoms with Crippen molar-refractivity contribution in [2.45, 2.75) is 58.3 Å². The van der Waals surface area contributed by atoms with Crippen molar-refractivity contribution in [3.63, 3.8) is 0 Å². The van der Waals surface area contributed by atoms with Gasteiger partial charge in [-0.2, -0.15) is 0 Å². The van der Waals surface area contributed by atoms with Gasteiger partial charge in [-0.1, -0.05) is 57.6 Å². The van der Waals surface area contributed by atoms with E-state index in [1.54, 1.807) is 24.3 Å². The van der Waals surface area contributed by atoms with E-state index in [4.69, 9.17) is 9.84 Å². The zero-order valence-corrected chi connectivity index (χ0v) is 13.3. The second-order valence-corrected chi connectivity index (χ2v) is 5.47. The minimum atomic E-state index is -1.05. The van der Waals surface area contributed by atoms with Crippen molar-refractivity contribution in [3.8, 4) is 5.75 Å². The van der Waals surface area contributed by atoms with E-state index >= 15 is 0 Å². The summed E-state index contributed by atoms with van der Waals surface area (Å²) in [5.74, 6) is -0.665. The summed E-state index contributed by atoms with van der Waals surface area (Å²) in [6.45, 7) is 1.77. The van der Waals surface area contributed by atoms with Gasteiger partial charge in [-0.05, 0) is 18.6 Å². The second-order valence-electron chi connectivity index (χ2n) is 5.47. The maximum Gasteiger partial charge on any atom is 0.341 e. The van der Waals surface area contributed by atoms with Crippen LogP contribution < -0.4 is 4.74 Å². The third-order valence-electron chi connectivity index (χ3n) is 3.55. The van der Waals surface area contributed by atoms with Gasteiger partial charge >= 0.3 is 5.97 Å². The van der Waals surface area contributed by atoms with Crippen molar-refractivity contribution in [2.75, 3.05) is 6.61 Å². The van der Waals surface area contributed by atoms with E-state index in [0.717, 1.165) is 12.8 Å². The number of hydrogen-bond acceptors (Lipinski definition) is 3. The molecule has 0 saturated carbocycles. The Morgan fingerprint density at radius 3 is 2.32 bits per heavy atom. The molecule has 4 heteroatoms. The molecule has 1 N–H and O–H groups in total. The molecule has 4 nitrogen and oxygen atoms in total. The zero-order valence-electron chi connectivity index (χ0n) is 13.3. The van der Waals surface area contributed by atoms with Crippen LogP contribution in [-0.4, -0.2) is 23.5 Å². The van der Waals surface area contributed by atoms with Crippen LogP contribution >= 0.6 is 0 Å². The lowest BCUT2D eigenvalue weighted by Gasteiger charge is -2.09. The maximum atomic E-state index is 12.2. The van der Waals surface area contributed by atoms with E-state index in [1.807, 2.05) is 0 Å².